The highest BCUT2D eigenvalue weighted by molar-refractivity contribution is 7.86. The number of hydrogen-bond acceptors (Lipinski definition) is 6. The van der Waals surface area contributed by atoms with E-state index in [0.717, 1.165) is 0 Å². The maximum Gasteiger partial charge on any atom is 0.485 e. The minimum atomic E-state index is -6.09. The molecule has 0 bridgehead atoms. The molecule has 0 amide bonds. The third kappa shape index (κ3) is 6.27. The monoisotopic (exact) mass is 609 g/mol. The molecule has 0 radical (unpaired) electrons. The summed E-state index contributed by atoms with van der Waals surface area (Å²) in [5.41, 5.74) is -4.22. The number of ether oxygens (including phenoxy) is 1. The number of benzene rings is 3. The first-order valence-corrected chi connectivity index (χ1v) is 12.6. The van der Waals surface area contributed by atoms with Crippen molar-refractivity contribution in [3.8, 4) is 5.75 Å². The molecule has 1 aromatic heterocycles. The molecule has 0 saturated carbocycles. The van der Waals surface area contributed by atoms with E-state index in [1.807, 2.05) is 0 Å². The van der Waals surface area contributed by atoms with Crippen molar-refractivity contribution in [2.45, 2.75) is 12.1 Å². The molecule has 0 aliphatic rings. The van der Waals surface area contributed by atoms with Gasteiger partial charge < -0.3 is 14.4 Å². The number of carboxylic acids is 1. The van der Waals surface area contributed by atoms with E-state index in [1.54, 1.807) is 53.1 Å². The average molecular weight is 611 g/mol. The van der Waals surface area contributed by atoms with Gasteiger partial charge in [-0.3, -0.25) is 0 Å². The number of aromatic nitrogens is 1. The number of carbonyl (C=O) groups excluding carboxylic acids is 1. The zero-order valence-electron chi connectivity index (χ0n) is 18.5. The Hall–Kier alpha value is -3.16. The second-order valence-corrected chi connectivity index (χ2v) is 9.91. The highest BCUT2D eigenvalue weighted by Gasteiger charge is 2.37. The summed E-state index contributed by atoms with van der Waals surface area (Å²) < 4.78 is 66.1. The Labute approximate surface area is 227 Å². The van der Waals surface area contributed by atoms with Crippen LogP contribution in [-0.2, 0) is 21.5 Å². The summed E-state index contributed by atoms with van der Waals surface area (Å²) in [4.78, 5) is 24.8. The first kappa shape index (κ1) is 29.4. The summed E-state index contributed by atoms with van der Waals surface area (Å²) in [6, 6.07) is 17.0. The lowest BCUT2D eigenvalue weighted by atomic mass is 10.0. The van der Waals surface area contributed by atoms with Crippen molar-refractivity contribution in [3.05, 3.63) is 81.3 Å². The van der Waals surface area contributed by atoms with E-state index in [1.165, 1.54) is 12.1 Å². The first-order chi connectivity index (χ1) is 17.6. The summed E-state index contributed by atoms with van der Waals surface area (Å²) in [7, 11) is -6.09. The van der Waals surface area contributed by atoms with E-state index in [4.69, 9.17) is 52.5 Å². The molecule has 0 unspecified atom stereocenters. The minimum Gasteiger partial charge on any atom is -0.741 e. The van der Waals surface area contributed by atoms with E-state index in [9.17, 15) is 27.9 Å². The van der Waals surface area contributed by atoms with Crippen LogP contribution in [0.1, 0.15) is 10.4 Å². The largest absolute Gasteiger partial charge is 0.741 e. The number of fused-ring (bicyclic) bond motifs is 2. The lowest BCUT2D eigenvalue weighted by Gasteiger charge is -2.13. The van der Waals surface area contributed by atoms with Crippen LogP contribution in [0.25, 0.3) is 21.8 Å². The van der Waals surface area contributed by atoms with Crippen molar-refractivity contribution in [1.29, 1.82) is 0 Å². The molecule has 0 fully saturated rings. The molecule has 0 spiro atoms. The van der Waals surface area contributed by atoms with Crippen LogP contribution < -0.4 is 9.30 Å². The summed E-state index contributed by atoms with van der Waals surface area (Å²) in [6.45, 7) is -0.262. The van der Waals surface area contributed by atoms with Gasteiger partial charge in [-0.2, -0.15) is 17.7 Å². The smallest absolute Gasteiger partial charge is 0.485 e. The van der Waals surface area contributed by atoms with Gasteiger partial charge in [0.1, 0.15) is 5.02 Å². The Morgan fingerprint density at radius 2 is 1.34 bits per heavy atom. The third-order valence-electron chi connectivity index (χ3n) is 4.91. The van der Waals surface area contributed by atoms with E-state index >= 15 is 0 Å². The van der Waals surface area contributed by atoms with Gasteiger partial charge in [0.2, 0.25) is 17.6 Å². The predicted molar refractivity (Wildman–Crippen MR) is 131 cm³/mol. The summed E-state index contributed by atoms with van der Waals surface area (Å²) in [5, 5.41) is 10.8. The number of rotatable bonds is 4. The fraction of sp³-hybridized carbons (Fsp3) is 0.0870. The molecule has 0 atom stereocenters. The Morgan fingerprint density at radius 3 is 1.79 bits per heavy atom. The summed E-state index contributed by atoms with van der Waals surface area (Å²) in [6.07, 6.45) is 0. The van der Waals surface area contributed by atoms with Crippen molar-refractivity contribution in [2.75, 3.05) is 0 Å². The maximum absolute atomic E-state index is 13.3. The van der Waals surface area contributed by atoms with Crippen molar-refractivity contribution in [2.24, 2.45) is 0 Å². The number of carbonyl (C=O) groups is 2. The number of para-hydroxylation sites is 2. The van der Waals surface area contributed by atoms with Gasteiger partial charge >= 0.3 is 17.4 Å². The van der Waals surface area contributed by atoms with Gasteiger partial charge in [-0.25, -0.2) is 18.0 Å². The van der Waals surface area contributed by atoms with E-state index in [2.05, 4.69) is 0 Å². The molecular formula is C23H13Cl3F3NO7S. The van der Waals surface area contributed by atoms with Gasteiger partial charge in [0, 0.05) is 12.1 Å². The first-order valence-electron chi connectivity index (χ1n) is 10.1. The zero-order valence-corrected chi connectivity index (χ0v) is 21.6. The molecule has 4 rings (SSSR count). The maximum atomic E-state index is 13.3. The molecule has 1 heterocycles. The topological polar surface area (TPSA) is 125 Å². The number of carboxylic acid groups (broad SMARTS) is 1. The number of aliphatic carboxylic acids is 1. The van der Waals surface area contributed by atoms with E-state index in [-0.39, 0.29) is 32.9 Å². The lowest BCUT2D eigenvalue weighted by Crippen LogP contribution is -2.40. The molecule has 200 valence electrons. The van der Waals surface area contributed by atoms with Crippen LogP contribution in [0.15, 0.2) is 60.7 Å². The number of alkyl halides is 3. The highest BCUT2D eigenvalue weighted by Crippen LogP contribution is 2.39. The number of esters is 1. The third-order valence-corrected chi connectivity index (χ3v) is 6.56. The second kappa shape index (κ2) is 11.3. The van der Waals surface area contributed by atoms with Crippen molar-refractivity contribution >= 4 is 78.7 Å². The van der Waals surface area contributed by atoms with Gasteiger partial charge in [-0.15, -0.1) is 0 Å². The lowest BCUT2D eigenvalue weighted by molar-refractivity contribution is -0.633. The van der Waals surface area contributed by atoms with E-state index < -0.39 is 27.6 Å². The van der Waals surface area contributed by atoms with Crippen molar-refractivity contribution in [3.63, 3.8) is 0 Å². The zero-order chi connectivity index (χ0) is 28.4. The van der Waals surface area contributed by atoms with Gasteiger partial charge in [0.05, 0.1) is 26.4 Å². The molecule has 8 nitrogen and oxygen atoms in total. The van der Waals surface area contributed by atoms with Crippen LogP contribution in [0.4, 0.5) is 13.2 Å². The quantitative estimate of drug-likeness (QED) is 0.0607. The Kier molecular flexibility index (Phi) is 8.74. The Morgan fingerprint density at radius 1 is 0.895 bits per heavy atom. The SMILES string of the molecule is O=C(O)C[n+]1c2ccccc2c(C(=O)Oc2c(Cl)ccc(Cl)c2Cl)c2ccccc21.O=S(=O)([O-])C(F)(F)F. The average Bonchev–Trinajstić information content (AvgIpc) is 2.83. The summed E-state index contributed by atoms with van der Waals surface area (Å²) in [5.74, 6) is -1.72. The van der Waals surface area contributed by atoms with Crippen molar-refractivity contribution in [1.82, 2.24) is 0 Å². The van der Waals surface area contributed by atoms with Crippen LogP contribution >= 0.6 is 34.8 Å². The normalized spacial score (nSPS) is 11.7. The molecule has 3 aromatic carbocycles. The number of pyridine rings is 1. The van der Waals surface area contributed by atoms with Gasteiger partial charge in [0.15, 0.2) is 15.9 Å². The van der Waals surface area contributed by atoms with Crippen LogP contribution in [0.2, 0.25) is 15.1 Å². The van der Waals surface area contributed by atoms with Crippen LogP contribution in [-0.4, -0.2) is 35.5 Å². The number of hydrogen-bond donors (Lipinski definition) is 1. The molecule has 0 aliphatic heterocycles. The molecular weight excluding hydrogens is 598 g/mol. The molecule has 1 N–H and O–H groups in total. The molecule has 4 aromatic rings. The van der Waals surface area contributed by atoms with Gasteiger partial charge in [0.25, 0.3) is 0 Å². The molecule has 38 heavy (non-hydrogen) atoms. The fourth-order valence-corrected chi connectivity index (χ4v) is 3.98. The Bertz CT molecular complexity index is 1620. The molecule has 0 saturated heterocycles. The second-order valence-electron chi connectivity index (χ2n) is 7.35. The highest BCUT2D eigenvalue weighted by atomic mass is 35.5. The van der Waals surface area contributed by atoms with Crippen LogP contribution in [0, 0.1) is 0 Å². The van der Waals surface area contributed by atoms with Crippen molar-refractivity contribution < 1.29 is 50.1 Å². The van der Waals surface area contributed by atoms with Gasteiger partial charge in [-0.05, 0) is 24.3 Å². The van der Waals surface area contributed by atoms with E-state index in [0.29, 0.717) is 21.8 Å². The predicted octanol–water partition coefficient (Wildman–Crippen LogP) is 5.60. The molecule has 15 heteroatoms. The number of halogens is 6. The van der Waals surface area contributed by atoms with Crippen LogP contribution in [0.5, 0.6) is 5.75 Å². The summed E-state index contributed by atoms with van der Waals surface area (Å²) >= 11 is 18.4. The van der Waals surface area contributed by atoms with Crippen LogP contribution in [0.3, 0.4) is 0 Å². The van der Waals surface area contributed by atoms with Gasteiger partial charge in [-0.1, -0.05) is 59.1 Å². The molecule has 0 aliphatic carbocycles. The fourth-order valence-electron chi connectivity index (χ4n) is 3.39. The Balaban J connectivity index is 0.000000436. The minimum absolute atomic E-state index is 0.0306. The number of nitrogens with zero attached hydrogens (tertiary/aromatic N) is 1. The standard InChI is InChI=1S/C22H12Cl3NO4.CHF3O3S/c23-14-9-10-15(24)21(20(14)25)30-22(29)19-12-5-1-3-7-16(12)26(11-18(27)28)17-8-4-2-6-13(17)19;2-1(3,4)8(5,6)7/h1-10H,11H2;(H,5,6,7).